The fraction of sp³-hybridized carbons (Fsp3) is 0.375. The summed E-state index contributed by atoms with van der Waals surface area (Å²) < 4.78 is 13.7. The molecule has 25 heavy (non-hydrogen) atoms. The van der Waals surface area contributed by atoms with E-state index in [-0.39, 0.29) is 16.8 Å². The van der Waals surface area contributed by atoms with Crippen LogP contribution in [0.1, 0.15) is 25.7 Å². The van der Waals surface area contributed by atoms with E-state index in [0.717, 1.165) is 23.8 Å². The molecule has 1 saturated carbocycles. The first kappa shape index (κ1) is 17.3. The van der Waals surface area contributed by atoms with Crippen molar-refractivity contribution in [3.05, 3.63) is 29.0 Å². The fourth-order valence-corrected chi connectivity index (χ4v) is 3.23. The first-order valence-electron chi connectivity index (χ1n) is 7.82. The fourth-order valence-electron chi connectivity index (χ4n) is 3.07. The molecule has 132 valence electrons. The van der Waals surface area contributed by atoms with Gasteiger partial charge in [0.05, 0.1) is 5.69 Å². The highest BCUT2D eigenvalue weighted by Gasteiger charge is 2.48. The van der Waals surface area contributed by atoms with E-state index in [1.165, 1.54) is 12.1 Å². The molecule has 0 radical (unpaired) electrons. The van der Waals surface area contributed by atoms with Crippen LogP contribution in [0.3, 0.4) is 0 Å². The van der Waals surface area contributed by atoms with Crippen molar-refractivity contribution in [2.24, 2.45) is 0 Å². The molecule has 0 unspecified atom stereocenters. The molecule has 1 saturated heterocycles. The molecule has 0 spiro atoms. The lowest BCUT2D eigenvalue weighted by atomic mass is 10.2. The highest BCUT2D eigenvalue weighted by Crippen LogP contribution is 2.27. The van der Waals surface area contributed by atoms with Gasteiger partial charge >= 0.3 is 17.8 Å². The third-order valence-corrected chi connectivity index (χ3v) is 4.52. The van der Waals surface area contributed by atoms with E-state index >= 15 is 0 Å². The number of amides is 5. The number of hydrogen-bond acceptors (Lipinski definition) is 4. The number of benzene rings is 1. The van der Waals surface area contributed by atoms with Crippen LogP contribution in [0.2, 0.25) is 5.02 Å². The topological polar surface area (TPSA) is 86.8 Å². The van der Waals surface area contributed by atoms with Crippen molar-refractivity contribution >= 4 is 41.0 Å². The normalized spacial score (nSPS) is 18.4. The molecule has 1 N–H and O–H groups in total. The third kappa shape index (κ3) is 3.34. The molecule has 7 nitrogen and oxygen atoms in total. The number of carbonyl (C=O) groups is 4. The smallest absolute Gasteiger partial charge is 0.322 e. The van der Waals surface area contributed by atoms with Gasteiger partial charge in [-0.3, -0.25) is 19.3 Å². The third-order valence-electron chi connectivity index (χ3n) is 4.28. The van der Waals surface area contributed by atoms with Crippen LogP contribution >= 0.6 is 11.6 Å². The number of urea groups is 1. The number of anilines is 1. The zero-order valence-electron chi connectivity index (χ0n) is 13.1. The van der Waals surface area contributed by atoms with Crippen molar-refractivity contribution in [1.82, 2.24) is 9.80 Å². The highest BCUT2D eigenvalue weighted by molar-refractivity contribution is 6.45. The SMILES string of the molecule is O=C(CN1C(=O)C(=O)N(C2CCCC2)C1=O)Nc1ccc(Cl)cc1F. The van der Waals surface area contributed by atoms with Crippen LogP contribution in [0.15, 0.2) is 18.2 Å². The van der Waals surface area contributed by atoms with Gasteiger partial charge in [0.15, 0.2) is 0 Å². The lowest BCUT2D eigenvalue weighted by molar-refractivity contribution is -0.144. The van der Waals surface area contributed by atoms with Crippen molar-refractivity contribution in [3.63, 3.8) is 0 Å². The Morgan fingerprint density at radius 2 is 1.88 bits per heavy atom. The number of halogens is 2. The van der Waals surface area contributed by atoms with Gasteiger partial charge in [0.25, 0.3) is 0 Å². The van der Waals surface area contributed by atoms with Crippen molar-refractivity contribution in [2.45, 2.75) is 31.7 Å². The quantitative estimate of drug-likeness (QED) is 0.652. The second kappa shape index (κ2) is 6.79. The number of rotatable bonds is 4. The average Bonchev–Trinajstić information content (AvgIpc) is 3.14. The van der Waals surface area contributed by atoms with Gasteiger partial charge < -0.3 is 5.32 Å². The Hall–Kier alpha value is -2.48. The van der Waals surface area contributed by atoms with E-state index in [4.69, 9.17) is 11.6 Å². The highest BCUT2D eigenvalue weighted by atomic mass is 35.5. The predicted octanol–water partition coefficient (Wildman–Crippen LogP) is 2.15. The van der Waals surface area contributed by atoms with Crippen LogP contribution in [0.4, 0.5) is 14.9 Å². The van der Waals surface area contributed by atoms with Crippen LogP contribution in [0.25, 0.3) is 0 Å². The van der Waals surface area contributed by atoms with Crippen LogP contribution in [0.5, 0.6) is 0 Å². The molecular weight excluding hydrogens is 353 g/mol. The number of hydrogen-bond donors (Lipinski definition) is 1. The zero-order valence-corrected chi connectivity index (χ0v) is 13.9. The monoisotopic (exact) mass is 367 g/mol. The first-order valence-corrected chi connectivity index (χ1v) is 8.20. The molecule has 5 amide bonds. The molecule has 3 rings (SSSR count). The molecule has 1 aromatic carbocycles. The number of carbonyl (C=O) groups excluding carboxylic acids is 4. The molecule has 9 heteroatoms. The van der Waals surface area contributed by atoms with Crippen LogP contribution in [-0.4, -0.2) is 46.1 Å². The van der Waals surface area contributed by atoms with Gasteiger partial charge in [-0.05, 0) is 31.0 Å². The van der Waals surface area contributed by atoms with E-state index < -0.39 is 36.1 Å². The first-order chi connectivity index (χ1) is 11.9. The Balaban J connectivity index is 1.69. The van der Waals surface area contributed by atoms with E-state index in [1.54, 1.807) is 0 Å². The summed E-state index contributed by atoms with van der Waals surface area (Å²) in [7, 11) is 0. The van der Waals surface area contributed by atoms with E-state index in [1.807, 2.05) is 0 Å². The summed E-state index contributed by atoms with van der Waals surface area (Å²) in [5.41, 5.74) is -0.132. The van der Waals surface area contributed by atoms with Crippen molar-refractivity contribution in [1.29, 1.82) is 0 Å². The minimum atomic E-state index is -1.04. The summed E-state index contributed by atoms with van der Waals surface area (Å²) in [5.74, 6) is -3.49. The van der Waals surface area contributed by atoms with E-state index in [9.17, 15) is 23.6 Å². The maximum absolute atomic E-state index is 13.7. The Bertz CT molecular complexity index is 764. The van der Waals surface area contributed by atoms with Crippen molar-refractivity contribution in [2.75, 3.05) is 11.9 Å². The summed E-state index contributed by atoms with van der Waals surface area (Å²) in [6, 6.07) is 2.57. The zero-order chi connectivity index (χ0) is 18.1. The van der Waals surface area contributed by atoms with E-state index in [0.29, 0.717) is 17.7 Å². The second-order valence-electron chi connectivity index (χ2n) is 5.96. The maximum Gasteiger partial charge on any atom is 0.334 e. The molecule has 0 aromatic heterocycles. The number of nitrogens with zero attached hydrogens (tertiary/aromatic N) is 2. The molecule has 2 fully saturated rings. The standard InChI is InChI=1S/C16H15ClFN3O4/c17-9-5-6-12(11(18)7-9)19-13(22)8-20-14(23)15(24)21(16(20)25)10-3-1-2-4-10/h5-7,10H,1-4,8H2,(H,19,22). The summed E-state index contributed by atoms with van der Waals surface area (Å²) in [6.45, 7) is -0.658. The van der Waals surface area contributed by atoms with Crippen molar-refractivity contribution < 1.29 is 23.6 Å². The minimum absolute atomic E-state index is 0.132. The lowest BCUT2D eigenvalue weighted by Gasteiger charge is -2.20. The summed E-state index contributed by atoms with van der Waals surface area (Å²) >= 11 is 5.63. The average molecular weight is 368 g/mol. The van der Waals surface area contributed by atoms with Gasteiger partial charge in [0.1, 0.15) is 12.4 Å². The summed E-state index contributed by atoms with van der Waals surface area (Å²) in [4.78, 5) is 50.0. The lowest BCUT2D eigenvalue weighted by Crippen LogP contribution is -2.41. The van der Waals surface area contributed by atoms with E-state index in [2.05, 4.69) is 5.32 Å². The maximum atomic E-state index is 13.7. The summed E-state index contributed by atoms with van der Waals surface area (Å²) in [6.07, 6.45) is 3.07. The Morgan fingerprint density at radius 1 is 1.20 bits per heavy atom. The number of nitrogens with one attached hydrogen (secondary N) is 1. The van der Waals surface area contributed by atoms with Gasteiger partial charge in [-0.2, -0.15) is 0 Å². The van der Waals surface area contributed by atoms with Gasteiger partial charge in [0.2, 0.25) is 5.91 Å². The van der Waals surface area contributed by atoms with Crippen molar-refractivity contribution in [3.8, 4) is 0 Å². The largest absolute Gasteiger partial charge is 0.334 e. The second-order valence-corrected chi connectivity index (χ2v) is 6.40. The molecule has 1 aromatic rings. The number of imide groups is 2. The molecular formula is C16H15ClFN3O4. The summed E-state index contributed by atoms with van der Waals surface area (Å²) in [5, 5.41) is 2.42. The predicted molar refractivity (Wildman–Crippen MR) is 86.3 cm³/mol. The Labute approximate surface area is 147 Å². The molecule has 1 aliphatic carbocycles. The van der Waals surface area contributed by atoms with Crippen LogP contribution in [0, 0.1) is 5.82 Å². The molecule has 2 aliphatic rings. The molecule has 0 bridgehead atoms. The molecule has 1 aliphatic heterocycles. The Kier molecular flexibility index (Phi) is 4.71. The van der Waals surface area contributed by atoms with Gasteiger partial charge in [-0.1, -0.05) is 24.4 Å². The van der Waals surface area contributed by atoms with Crippen LogP contribution in [-0.2, 0) is 14.4 Å². The van der Waals surface area contributed by atoms with Crippen LogP contribution < -0.4 is 5.32 Å². The Morgan fingerprint density at radius 3 is 2.52 bits per heavy atom. The van der Waals surface area contributed by atoms with Gasteiger partial charge in [-0.25, -0.2) is 14.1 Å². The van der Waals surface area contributed by atoms with Gasteiger partial charge in [-0.15, -0.1) is 0 Å². The minimum Gasteiger partial charge on any atom is -0.322 e. The van der Waals surface area contributed by atoms with Gasteiger partial charge in [0, 0.05) is 11.1 Å². The molecule has 0 atom stereocenters. The molecule has 1 heterocycles.